The Bertz CT molecular complexity index is 826. The van der Waals surface area contributed by atoms with Crippen molar-refractivity contribution in [3.8, 4) is 0 Å². The Hall–Kier alpha value is -1.59. The van der Waals surface area contributed by atoms with Gasteiger partial charge in [-0.25, -0.2) is 0 Å². The van der Waals surface area contributed by atoms with Crippen molar-refractivity contribution >= 4 is 17.9 Å². The molecular formula is C48H92O6. The van der Waals surface area contributed by atoms with E-state index >= 15 is 0 Å². The van der Waals surface area contributed by atoms with Gasteiger partial charge in [0.05, 0.1) is 0 Å². The van der Waals surface area contributed by atoms with Gasteiger partial charge < -0.3 is 14.2 Å². The third kappa shape index (κ3) is 40.1. The summed E-state index contributed by atoms with van der Waals surface area (Å²) in [5.41, 5.74) is 0. The zero-order valence-electron chi connectivity index (χ0n) is 36.8. The van der Waals surface area contributed by atoms with E-state index in [0.717, 1.165) is 69.6 Å². The lowest BCUT2D eigenvalue weighted by molar-refractivity contribution is -0.167. The van der Waals surface area contributed by atoms with Gasteiger partial charge in [0.15, 0.2) is 6.10 Å². The molecule has 0 radical (unpaired) electrons. The monoisotopic (exact) mass is 765 g/mol. The molecule has 1 unspecified atom stereocenters. The van der Waals surface area contributed by atoms with Crippen LogP contribution in [0.5, 0.6) is 0 Å². The molecule has 0 saturated carbocycles. The lowest BCUT2D eigenvalue weighted by Crippen LogP contribution is -2.30. The zero-order valence-corrected chi connectivity index (χ0v) is 36.8. The van der Waals surface area contributed by atoms with Crippen molar-refractivity contribution in [1.82, 2.24) is 0 Å². The third-order valence-corrected chi connectivity index (χ3v) is 11.1. The average Bonchev–Trinajstić information content (AvgIpc) is 3.15. The van der Waals surface area contributed by atoms with Gasteiger partial charge in [0.1, 0.15) is 13.2 Å². The van der Waals surface area contributed by atoms with Gasteiger partial charge in [-0.05, 0) is 31.1 Å². The minimum atomic E-state index is -0.760. The van der Waals surface area contributed by atoms with Crippen LogP contribution in [0.4, 0.5) is 0 Å². The lowest BCUT2D eigenvalue weighted by atomic mass is 9.99. The maximum atomic E-state index is 12.7. The van der Waals surface area contributed by atoms with Crippen LogP contribution in [0, 0.1) is 11.8 Å². The van der Waals surface area contributed by atoms with Crippen LogP contribution in [0.15, 0.2) is 0 Å². The number of ether oxygens (including phenoxy) is 3. The fourth-order valence-corrected chi connectivity index (χ4v) is 7.07. The Balaban J connectivity index is 4.26. The molecule has 0 spiro atoms. The largest absolute Gasteiger partial charge is 0.462 e. The van der Waals surface area contributed by atoms with Crippen LogP contribution < -0.4 is 0 Å². The maximum Gasteiger partial charge on any atom is 0.306 e. The molecule has 0 aromatic carbocycles. The molecule has 0 saturated heterocycles. The van der Waals surface area contributed by atoms with E-state index in [0.29, 0.717) is 19.3 Å². The smallest absolute Gasteiger partial charge is 0.306 e. The van der Waals surface area contributed by atoms with Crippen molar-refractivity contribution in [1.29, 1.82) is 0 Å². The van der Waals surface area contributed by atoms with Gasteiger partial charge in [-0.15, -0.1) is 0 Å². The number of esters is 3. The molecule has 0 aliphatic carbocycles. The first kappa shape index (κ1) is 52.4. The molecule has 6 heteroatoms. The van der Waals surface area contributed by atoms with E-state index in [9.17, 15) is 14.4 Å². The first-order chi connectivity index (χ1) is 26.3. The SMILES string of the molecule is CCCCCCCCCC(=O)OC[C@@H](COC(=O)CCCCCCCCCCCCCCC(C)C)OC(=O)CCCCCCCCCCCCC(C)CC. The Morgan fingerprint density at radius 2 is 0.704 bits per heavy atom. The third-order valence-electron chi connectivity index (χ3n) is 11.1. The van der Waals surface area contributed by atoms with E-state index in [2.05, 4.69) is 34.6 Å². The van der Waals surface area contributed by atoms with Crippen molar-refractivity contribution in [2.24, 2.45) is 11.8 Å². The Morgan fingerprint density at radius 1 is 0.389 bits per heavy atom. The van der Waals surface area contributed by atoms with Crippen LogP contribution in [0.3, 0.4) is 0 Å². The van der Waals surface area contributed by atoms with Crippen molar-refractivity contribution in [2.45, 2.75) is 265 Å². The second-order valence-electron chi connectivity index (χ2n) is 17.1. The second-order valence-corrected chi connectivity index (χ2v) is 17.1. The number of unbranched alkanes of at least 4 members (excludes halogenated alkanes) is 26. The van der Waals surface area contributed by atoms with Crippen LogP contribution in [0.2, 0.25) is 0 Å². The number of hydrogen-bond donors (Lipinski definition) is 0. The van der Waals surface area contributed by atoms with Crippen molar-refractivity contribution in [3.63, 3.8) is 0 Å². The predicted octanol–water partition coefficient (Wildman–Crippen LogP) is 15.0. The number of carbonyl (C=O) groups is 3. The molecule has 0 rings (SSSR count). The zero-order chi connectivity index (χ0) is 39.7. The van der Waals surface area contributed by atoms with Crippen molar-refractivity contribution in [2.75, 3.05) is 13.2 Å². The van der Waals surface area contributed by atoms with Gasteiger partial charge in [-0.3, -0.25) is 14.4 Å². The number of carbonyl (C=O) groups excluding carboxylic acids is 3. The highest BCUT2D eigenvalue weighted by atomic mass is 16.6. The van der Waals surface area contributed by atoms with Crippen LogP contribution in [0.1, 0.15) is 259 Å². The first-order valence-electron chi connectivity index (χ1n) is 23.8. The highest BCUT2D eigenvalue weighted by molar-refractivity contribution is 5.71. The van der Waals surface area contributed by atoms with E-state index in [4.69, 9.17) is 14.2 Å². The summed E-state index contributed by atoms with van der Waals surface area (Å²) in [5.74, 6) is 0.841. The highest BCUT2D eigenvalue weighted by Gasteiger charge is 2.19. The summed E-state index contributed by atoms with van der Waals surface area (Å²) in [5, 5.41) is 0. The minimum Gasteiger partial charge on any atom is -0.462 e. The van der Waals surface area contributed by atoms with Crippen LogP contribution in [-0.2, 0) is 28.6 Å². The Kier molecular flexibility index (Phi) is 39.8. The molecular weight excluding hydrogens is 673 g/mol. The number of hydrogen-bond acceptors (Lipinski definition) is 6. The van der Waals surface area contributed by atoms with E-state index in [-0.39, 0.29) is 31.1 Å². The average molecular weight is 765 g/mol. The molecule has 0 N–H and O–H groups in total. The van der Waals surface area contributed by atoms with Gasteiger partial charge in [0.2, 0.25) is 0 Å². The summed E-state index contributed by atoms with van der Waals surface area (Å²) in [6.07, 6.45) is 39.5. The molecule has 0 fully saturated rings. The summed E-state index contributed by atoms with van der Waals surface area (Å²) in [7, 11) is 0. The van der Waals surface area contributed by atoms with E-state index in [1.807, 2.05) is 0 Å². The van der Waals surface area contributed by atoms with Gasteiger partial charge >= 0.3 is 17.9 Å². The molecule has 0 heterocycles. The van der Waals surface area contributed by atoms with Gasteiger partial charge in [-0.2, -0.15) is 0 Å². The first-order valence-corrected chi connectivity index (χ1v) is 23.8. The van der Waals surface area contributed by atoms with E-state index < -0.39 is 6.10 Å². The van der Waals surface area contributed by atoms with Gasteiger partial charge in [0.25, 0.3) is 0 Å². The molecule has 54 heavy (non-hydrogen) atoms. The van der Waals surface area contributed by atoms with E-state index in [1.165, 1.54) is 148 Å². The molecule has 0 aliphatic heterocycles. The fraction of sp³-hybridized carbons (Fsp3) is 0.938. The van der Waals surface area contributed by atoms with E-state index in [1.54, 1.807) is 0 Å². The summed E-state index contributed by atoms with van der Waals surface area (Å²) < 4.78 is 16.7. The van der Waals surface area contributed by atoms with Crippen LogP contribution in [0.25, 0.3) is 0 Å². The summed E-state index contributed by atoms with van der Waals surface area (Å²) in [6.45, 7) is 11.3. The molecule has 0 amide bonds. The summed E-state index contributed by atoms with van der Waals surface area (Å²) >= 11 is 0. The normalized spacial score (nSPS) is 12.6. The maximum absolute atomic E-state index is 12.7. The van der Waals surface area contributed by atoms with Gasteiger partial charge in [0, 0.05) is 19.3 Å². The topological polar surface area (TPSA) is 78.9 Å². The van der Waals surface area contributed by atoms with Crippen LogP contribution in [-0.4, -0.2) is 37.2 Å². The molecule has 2 atom stereocenters. The fourth-order valence-electron chi connectivity index (χ4n) is 7.07. The molecule has 0 aromatic rings. The second kappa shape index (κ2) is 41.1. The predicted molar refractivity (Wildman–Crippen MR) is 229 cm³/mol. The minimum absolute atomic E-state index is 0.0648. The van der Waals surface area contributed by atoms with Gasteiger partial charge in [-0.1, -0.05) is 221 Å². The quantitative estimate of drug-likeness (QED) is 0.0350. The molecule has 0 aliphatic rings. The lowest BCUT2D eigenvalue weighted by Gasteiger charge is -2.18. The highest BCUT2D eigenvalue weighted by Crippen LogP contribution is 2.17. The molecule has 0 aromatic heterocycles. The molecule has 6 nitrogen and oxygen atoms in total. The standard InChI is InChI=1S/C48H92O6/c1-6-8-9-10-21-28-33-38-46(49)52-41-45(54-48(51)40-35-30-25-20-16-15-18-23-27-32-37-44(5)7-2)42-53-47(50)39-34-29-24-19-14-12-11-13-17-22-26-31-36-43(3)4/h43-45H,6-42H2,1-5H3/t44?,45-/m0/s1. The number of rotatable bonds is 42. The van der Waals surface area contributed by atoms with Crippen molar-refractivity contribution < 1.29 is 28.6 Å². The Morgan fingerprint density at radius 3 is 1.06 bits per heavy atom. The van der Waals surface area contributed by atoms with Crippen LogP contribution >= 0.6 is 0 Å². The summed E-state index contributed by atoms with van der Waals surface area (Å²) in [4.78, 5) is 37.7. The summed E-state index contributed by atoms with van der Waals surface area (Å²) in [6, 6.07) is 0. The van der Waals surface area contributed by atoms with Crippen molar-refractivity contribution in [3.05, 3.63) is 0 Å². The molecule has 320 valence electrons. The molecule has 0 bridgehead atoms. The Labute approximate surface area is 336 Å².